The average molecular weight is 920 g/mol. The van der Waals surface area contributed by atoms with Crippen molar-refractivity contribution in [1.29, 1.82) is 0 Å². The van der Waals surface area contributed by atoms with Gasteiger partial charge in [0.15, 0.2) is 0 Å². The van der Waals surface area contributed by atoms with Gasteiger partial charge in [-0.15, -0.1) is 34.0 Å². The van der Waals surface area contributed by atoms with Crippen LogP contribution in [0, 0.1) is 0 Å². The SMILES string of the molecule is O=C(COCCc1ccc2ccsc2c1)N1CCC(O)C1.O=C(O)COCCc1ccc2ccsc2c1.OC1CCN(CCOCCc2ccc3ccsc3c2)C1.OC1CCNC1. The molecule has 9 rings (SSSR count). The van der Waals surface area contributed by atoms with E-state index in [4.69, 9.17) is 24.4 Å². The molecule has 0 spiro atoms. The van der Waals surface area contributed by atoms with Gasteiger partial charge in [0.25, 0.3) is 0 Å². The summed E-state index contributed by atoms with van der Waals surface area (Å²) in [6.07, 6.45) is 4.47. The molecule has 3 aromatic carbocycles. The third-order valence-corrected chi connectivity index (χ3v) is 13.6. The van der Waals surface area contributed by atoms with Crippen molar-refractivity contribution in [3.05, 3.63) is 106 Å². The van der Waals surface area contributed by atoms with Crippen LogP contribution < -0.4 is 5.32 Å². The summed E-state index contributed by atoms with van der Waals surface area (Å²) >= 11 is 5.24. The van der Waals surface area contributed by atoms with Crippen LogP contribution >= 0.6 is 34.0 Å². The van der Waals surface area contributed by atoms with E-state index in [1.807, 2.05) is 0 Å². The van der Waals surface area contributed by atoms with Gasteiger partial charge in [-0.25, -0.2) is 4.79 Å². The first-order chi connectivity index (χ1) is 30.7. The number of carbonyl (C=O) groups is 2. The highest BCUT2D eigenvalue weighted by Crippen LogP contribution is 2.24. The van der Waals surface area contributed by atoms with Crippen LogP contribution in [0.5, 0.6) is 0 Å². The number of nitrogens with zero attached hydrogens (tertiary/aromatic N) is 2. The molecule has 0 saturated carbocycles. The molecule has 0 aliphatic carbocycles. The van der Waals surface area contributed by atoms with Crippen molar-refractivity contribution in [2.45, 2.75) is 56.8 Å². The number of β-amino-alcohol motifs (C(OH)–C–C–N with tert-alkyl or cyclic N) is 3. The fourth-order valence-electron chi connectivity index (χ4n) is 7.36. The Morgan fingerprint density at radius 2 is 1.11 bits per heavy atom. The van der Waals surface area contributed by atoms with Gasteiger partial charge in [-0.05, 0) is 130 Å². The molecule has 340 valence electrons. The molecular formula is C48H61N3O9S3. The Morgan fingerprint density at radius 3 is 1.54 bits per heavy atom. The number of hydrogen-bond donors (Lipinski definition) is 5. The number of ether oxygens (including phenoxy) is 3. The minimum absolute atomic E-state index is 0.0275. The Hall–Kier alpha value is -3.84. The average Bonchev–Trinajstić information content (AvgIpc) is 4.15. The second-order valence-corrected chi connectivity index (χ2v) is 18.8. The Balaban J connectivity index is 0.000000148. The van der Waals surface area contributed by atoms with Crippen molar-refractivity contribution < 1.29 is 44.2 Å². The predicted octanol–water partition coefficient (Wildman–Crippen LogP) is 6.47. The molecule has 5 N–H and O–H groups in total. The largest absolute Gasteiger partial charge is 0.480 e. The van der Waals surface area contributed by atoms with Crippen molar-refractivity contribution in [1.82, 2.24) is 15.1 Å². The van der Waals surface area contributed by atoms with E-state index in [1.165, 1.54) is 46.9 Å². The molecule has 0 radical (unpaired) electrons. The molecule has 6 aromatic rings. The van der Waals surface area contributed by atoms with Gasteiger partial charge in [-0.3, -0.25) is 9.69 Å². The summed E-state index contributed by atoms with van der Waals surface area (Å²) in [5.74, 6) is -0.950. The molecule has 6 heterocycles. The summed E-state index contributed by atoms with van der Waals surface area (Å²) in [4.78, 5) is 26.0. The number of aliphatic carboxylic acids is 1. The minimum Gasteiger partial charge on any atom is -0.480 e. The number of carboxylic acid groups (broad SMARTS) is 1. The van der Waals surface area contributed by atoms with Crippen molar-refractivity contribution in [2.24, 2.45) is 0 Å². The molecule has 3 saturated heterocycles. The molecule has 12 nitrogen and oxygen atoms in total. The van der Waals surface area contributed by atoms with E-state index in [0.29, 0.717) is 32.7 Å². The lowest BCUT2D eigenvalue weighted by atomic mass is 10.1. The predicted molar refractivity (Wildman–Crippen MR) is 254 cm³/mol. The lowest BCUT2D eigenvalue weighted by Gasteiger charge is -2.15. The maximum Gasteiger partial charge on any atom is 0.329 e. The van der Waals surface area contributed by atoms with Crippen molar-refractivity contribution >= 4 is 76.1 Å². The van der Waals surface area contributed by atoms with Crippen LogP contribution in [0.1, 0.15) is 36.0 Å². The smallest absolute Gasteiger partial charge is 0.329 e. The van der Waals surface area contributed by atoms with E-state index in [9.17, 15) is 19.8 Å². The number of likely N-dealkylation sites (tertiary alicyclic amines) is 2. The van der Waals surface area contributed by atoms with E-state index >= 15 is 0 Å². The number of aliphatic hydroxyl groups excluding tert-OH is 3. The molecule has 63 heavy (non-hydrogen) atoms. The summed E-state index contributed by atoms with van der Waals surface area (Å²) in [5.41, 5.74) is 3.76. The van der Waals surface area contributed by atoms with Gasteiger partial charge >= 0.3 is 5.97 Å². The zero-order chi connectivity index (χ0) is 44.2. The van der Waals surface area contributed by atoms with Crippen molar-refractivity contribution in [3.63, 3.8) is 0 Å². The number of rotatable bonds is 16. The second kappa shape index (κ2) is 26.2. The summed E-state index contributed by atoms with van der Waals surface area (Å²) < 4.78 is 20.1. The maximum absolute atomic E-state index is 11.8. The Labute approximate surface area is 381 Å². The number of carboxylic acids is 1. The molecule has 0 bridgehead atoms. The third kappa shape index (κ3) is 16.9. The van der Waals surface area contributed by atoms with Gasteiger partial charge in [0.1, 0.15) is 13.2 Å². The van der Waals surface area contributed by atoms with E-state index in [1.54, 1.807) is 38.9 Å². The number of amides is 1. The van der Waals surface area contributed by atoms with Gasteiger partial charge in [0, 0.05) is 53.4 Å². The Kier molecular flexibility index (Phi) is 20.2. The van der Waals surface area contributed by atoms with Crippen LogP contribution in [-0.4, -0.2) is 146 Å². The van der Waals surface area contributed by atoms with Gasteiger partial charge in [0.2, 0.25) is 5.91 Å². The topological polar surface area (TPSA) is 161 Å². The molecule has 1 amide bonds. The Morgan fingerprint density at radius 1 is 0.603 bits per heavy atom. The molecule has 3 aliphatic rings. The third-order valence-electron chi connectivity index (χ3n) is 11.0. The summed E-state index contributed by atoms with van der Waals surface area (Å²) in [6, 6.07) is 25.7. The first-order valence-corrected chi connectivity index (χ1v) is 24.4. The first kappa shape index (κ1) is 48.6. The highest BCUT2D eigenvalue weighted by Gasteiger charge is 2.24. The molecular weight excluding hydrogens is 859 g/mol. The minimum atomic E-state index is -0.922. The summed E-state index contributed by atoms with van der Waals surface area (Å²) in [7, 11) is 0. The fourth-order valence-corrected chi connectivity index (χ4v) is 9.92. The molecule has 3 aromatic heterocycles. The fraction of sp³-hybridized carbons (Fsp3) is 0.458. The van der Waals surface area contributed by atoms with Crippen LogP contribution in [0.3, 0.4) is 0 Å². The normalized spacial score (nSPS) is 18.5. The Bertz CT molecular complexity index is 2270. The van der Waals surface area contributed by atoms with Crippen LogP contribution in [0.2, 0.25) is 0 Å². The molecule has 15 heteroatoms. The van der Waals surface area contributed by atoms with Crippen LogP contribution in [0.15, 0.2) is 88.9 Å². The maximum atomic E-state index is 11.8. The number of nitrogens with one attached hydrogen (secondary N) is 1. The number of thiophene rings is 3. The van der Waals surface area contributed by atoms with E-state index in [0.717, 1.165) is 78.0 Å². The van der Waals surface area contributed by atoms with Crippen LogP contribution in [-0.2, 0) is 43.1 Å². The monoisotopic (exact) mass is 919 g/mol. The van der Waals surface area contributed by atoms with E-state index in [2.05, 4.69) is 99.2 Å². The van der Waals surface area contributed by atoms with Crippen LogP contribution in [0.25, 0.3) is 30.3 Å². The van der Waals surface area contributed by atoms with Crippen molar-refractivity contribution in [2.75, 3.05) is 85.5 Å². The molecule has 3 aliphatic heterocycles. The first-order valence-electron chi connectivity index (χ1n) is 21.8. The number of benzene rings is 3. The number of carbonyl (C=O) groups excluding carboxylic acids is 1. The van der Waals surface area contributed by atoms with Gasteiger partial charge in [0.05, 0.1) is 44.7 Å². The van der Waals surface area contributed by atoms with Crippen molar-refractivity contribution in [3.8, 4) is 0 Å². The number of aliphatic hydroxyl groups is 3. The molecule has 3 fully saturated rings. The summed E-state index contributed by atoms with van der Waals surface area (Å²) in [5, 5.41) is 49.1. The standard InChI is InChI=1S/C16H19NO3S.C16H21NO2S.C12H12O3S.C4H9NO/c18-14-3-6-17(10-14)16(19)11-20-7-4-12-1-2-13-5-8-21-15(13)9-12;18-15-3-6-17(12-15)7-9-19-8-4-13-1-2-14-5-10-20-16(14)11-13;13-12(14)8-15-5-3-9-1-2-10-4-6-16-11(10)7-9;6-4-1-2-5-3-4/h1-2,5,8-9,14,18H,3-4,6-7,10-11H2;1-2,5,10-11,15,18H,3-4,6-9,12H2;1-2,4,6-7H,3,5,8H2,(H,13,14);4-6H,1-3H2. The van der Waals surface area contributed by atoms with E-state index < -0.39 is 5.97 Å². The van der Waals surface area contributed by atoms with Crippen LogP contribution in [0.4, 0.5) is 0 Å². The lowest BCUT2D eigenvalue weighted by Crippen LogP contribution is -2.32. The second-order valence-electron chi connectivity index (χ2n) is 15.9. The summed E-state index contributed by atoms with van der Waals surface area (Å²) in [6.45, 7) is 7.99. The highest BCUT2D eigenvalue weighted by molar-refractivity contribution is 7.17. The zero-order valence-electron chi connectivity index (χ0n) is 35.8. The van der Waals surface area contributed by atoms with Gasteiger partial charge < -0.3 is 44.9 Å². The lowest BCUT2D eigenvalue weighted by molar-refractivity contribution is -0.142. The van der Waals surface area contributed by atoms with Gasteiger partial charge in [-0.1, -0.05) is 36.4 Å². The van der Waals surface area contributed by atoms with Gasteiger partial charge in [-0.2, -0.15) is 0 Å². The quantitative estimate of drug-likeness (QED) is 0.0678. The van der Waals surface area contributed by atoms with E-state index in [-0.39, 0.29) is 37.4 Å². The number of hydrogen-bond acceptors (Lipinski definition) is 13. The highest BCUT2D eigenvalue weighted by atomic mass is 32.1. The molecule has 3 unspecified atom stereocenters. The number of fused-ring (bicyclic) bond motifs is 3. The zero-order valence-corrected chi connectivity index (χ0v) is 38.2. The molecule has 3 atom stereocenters.